The topological polar surface area (TPSA) is 92.6 Å². The zero-order valence-corrected chi connectivity index (χ0v) is 16.1. The van der Waals surface area contributed by atoms with Gasteiger partial charge in [0.05, 0.1) is 10.5 Å². The summed E-state index contributed by atoms with van der Waals surface area (Å²) in [4.78, 5) is 38.2. The largest absolute Gasteiger partial charge is 0.372 e. The fourth-order valence-electron chi connectivity index (χ4n) is 3.22. The first-order chi connectivity index (χ1) is 13.3. The molecule has 0 saturated heterocycles. The van der Waals surface area contributed by atoms with Crippen LogP contribution in [-0.2, 0) is 0 Å². The van der Waals surface area contributed by atoms with Crippen molar-refractivity contribution in [2.75, 3.05) is 19.0 Å². The molecule has 0 spiro atoms. The third-order valence-corrected chi connectivity index (χ3v) is 5.02. The Labute approximate surface area is 163 Å². The number of carbonyl (C=O) groups is 2. The standard InChI is InChI=1S/C21H23N3O4/c1-13(14-8-9-14)22-21(26)17-7-5-4-6-16(17)20(25)15-10-11-18(23(2)3)19(12-15)24(27)28/h4-7,10-14H,8-9H2,1-3H3,(H,22,26). The first-order valence-electron chi connectivity index (χ1n) is 9.20. The predicted octanol–water partition coefficient (Wildman–Crippen LogP) is 3.42. The van der Waals surface area contributed by atoms with Gasteiger partial charge < -0.3 is 10.2 Å². The van der Waals surface area contributed by atoms with Gasteiger partial charge in [0.1, 0.15) is 5.69 Å². The van der Waals surface area contributed by atoms with Crippen molar-refractivity contribution in [2.24, 2.45) is 5.92 Å². The van der Waals surface area contributed by atoms with Crippen LogP contribution in [0.2, 0.25) is 0 Å². The van der Waals surface area contributed by atoms with Crippen molar-refractivity contribution >= 4 is 23.1 Å². The van der Waals surface area contributed by atoms with Crippen LogP contribution in [0.1, 0.15) is 46.0 Å². The van der Waals surface area contributed by atoms with Crippen molar-refractivity contribution in [1.29, 1.82) is 0 Å². The quantitative estimate of drug-likeness (QED) is 0.451. The Bertz CT molecular complexity index is 935. The highest BCUT2D eigenvalue weighted by atomic mass is 16.6. The number of hydrogen-bond donors (Lipinski definition) is 1. The van der Waals surface area contributed by atoms with E-state index in [1.807, 2.05) is 6.92 Å². The zero-order chi connectivity index (χ0) is 20.4. The Morgan fingerprint density at radius 1 is 1.14 bits per heavy atom. The zero-order valence-electron chi connectivity index (χ0n) is 16.1. The molecule has 0 radical (unpaired) electrons. The van der Waals surface area contributed by atoms with Crippen LogP contribution in [0.5, 0.6) is 0 Å². The van der Waals surface area contributed by atoms with Gasteiger partial charge in [-0.25, -0.2) is 0 Å². The van der Waals surface area contributed by atoms with Crippen LogP contribution < -0.4 is 10.2 Å². The number of rotatable bonds is 7. The fraction of sp³-hybridized carbons (Fsp3) is 0.333. The van der Waals surface area contributed by atoms with Gasteiger partial charge in [-0.05, 0) is 43.9 Å². The maximum absolute atomic E-state index is 13.0. The van der Waals surface area contributed by atoms with Gasteiger partial charge in [-0.2, -0.15) is 0 Å². The van der Waals surface area contributed by atoms with Crippen molar-refractivity contribution in [2.45, 2.75) is 25.8 Å². The number of hydrogen-bond acceptors (Lipinski definition) is 5. The Morgan fingerprint density at radius 2 is 1.79 bits per heavy atom. The fourth-order valence-corrected chi connectivity index (χ4v) is 3.22. The van der Waals surface area contributed by atoms with Crippen molar-refractivity contribution in [1.82, 2.24) is 5.32 Å². The molecule has 1 aliphatic carbocycles. The predicted molar refractivity (Wildman–Crippen MR) is 107 cm³/mol. The van der Waals surface area contributed by atoms with Gasteiger partial charge in [-0.3, -0.25) is 19.7 Å². The van der Waals surface area contributed by atoms with E-state index >= 15 is 0 Å². The van der Waals surface area contributed by atoms with E-state index in [-0.39, 0.29) is 34.3 Å². The highest BCUT2D eigenvalue weighted by Crippen LogP contribution is 2.32. The first kappa shape index (κ1) is 19.5. The molecule has 1 aliphatic rings. The van der Waals surface area contributed by atoms with Crippen molar-refractivity contribution in [3.63, 3.8) is 0 Å². The minimum atomic E-state index is -0.512. The molecule has 0 bridgehead atoms. The second-order valence-electron chi connectivity index (χ2n) is 7.33. The molecule has 0 aliphatic heterocycles. The molecule has 2 aromatic rings. The van der Waals surface area contributed by atoms with Crippen LogP contribution >= 0.6 is 0 Å². The van der Waals surface area contributed by atoms with Gasteiger partial charge >= 0.3 is 0 Å². The highest BCUT2D eigenvalue weighted by molar-refractivity contribution is 6.15. The van der Waals surface area contributed by atoms with E-state index in [4.69, 9.17) is 0 Å². The maximum atomic E-state index is 13.0. The molecule has 0 aromatic heterocycles. The molecule has 146 valence electrons. The summed E-state index contributed by atoms with van der Waals surface area (Å²) < 4.78 is 0. The lowest BCUT2D eigenvalue weighted by Gasteiger charge is -2.15. The van der Waals surface area contributed by atoms with Gasteiger partial charge in [0.25, 0.3) is 11.6 Å². The second kappa shape index (κ2) is 7.80. The van der Waals surface area contributed by atoms with E-state index in [0.29, 0.717) is 11.6 Å². The Balaban J connectivity index is 1.94. The number of amides is 1. The SMILES string of the molecule is CC(NC(=O)c1ccccc1C(=O)c1ccc(N(C)C)c([N+](=O)[O-])c1)C1CC1. The Kier molecular flexibility index (Phi) is 5.44. The minimum Gasteiger partial charge on any atom is -0.372 e. The summed E-state index contributed by atoms with van der Waals surface area (Å²) >= 11 is 0. The second-order valence-corrected chi connectivity index (χ2v) is 7.33. The molecule has 1 fully saturated rings. The van der Waals surface area contributed by atoms with Crippen LogP contribution in [-0.4, -0.2) is 36.8 Å². The minimum absolute atomic E-state index is 0.0520. The van der Waals surface area contributed by atoms with Crippen LogP contribution in [0.15, 0.2) is 42.5 Å². The lowest BCUT2D eigenvalue weighted by molar-refractivity contribution is -0.384. The number of carbonyl (C=O) groups excluding carboxylic acids is 2. The van der Waals surface area contributed by atoms with Gasteiger partial charge in [0, 0.05) is 37.3 Å². The molecule has 28 heavy (non-hydrogen) atoms. The highest BCUT2D eigenvalue weighted by Gasteiger charge is 2.30. The number of ketones is 1. The molecule has 1 saturated carbocycles. The molecule has 1 amide bonds. The van der Waals surface area contributed by atoms with E-state index in [1.165, 1.54) is 6.07 Å². The van der Waals surface area contributed by atoms with Gasteiger partial charge in [0.15, 0.2) is 5.78 Å². The monoisotopic (exact) mass is 381 g/mol. The molecule has 1 unspecified atom stereocenters. The molecule has 7 heteroatoms. The van der Waals surface area contributed by atoms with Crippen LogP contribution in [0.25, 0.3) is 0 Å². The summed E-state index contributed by atoms with van der Waals surface area (Å²) in [6.45, 7) is 1.96. The van der Waals surface area contributed by atoms with E-state index < -0.39 is 10.7 Å². The summed E-state index contributed by atoms with van der Waals surface area (Å²) in [6.07, 6.45) is 2.20. The summed E-state index contributed by atoms with van der Waals surface area (Å²) in [6, 6.07) is 11.0. The van der Waals surface area contributed by atoms with E-state index in [1.54, 1.807) is 55.4 Å². The van der Waals surface area contributed by atoms with Crippen molar-refractivity contribution in [3.8, 4) is 0 Å². The maximum Gasteiger partial charge on any atom is 0.293 e. The number of nitrogens with zero attached hydrogens (tertiary/aromatic N) is 2. The van der Waals surface area contributed by atoms with E-state index in [2.05, 4.69) is 5.32 Å². The average Bonchev–Trinajstić information content (AvgIpc) is 3.52. The molecule has 1 N–H and O–H groups in total. The van der Waals surface area contributed by atoms with E-state index in [9.17, 15) is 19.7 Å². The molecule has 1 atom stereocenters. The first-order valence-corrected chi connectivity index (χ1v) is 9.20. The molecule has 0 heterocycles. The lowest BCUT2D eigenvalue weighted by Crippen LogP contribution is -2.34. The smallest absolute Gasteiger partial charge is 0.293 e. The van der Waals surface area contributed by atoms with Gasteiger partial charge in [0.2, 0.25) is 0 Å². The van der Waals surface area contributed by atoms with E-state index in [0.717, 1.165) is 12.8 Å². The molecule has 7 nitrogen and oxygen atoms in total. The normalized spacial score (nSPS) is 14.2. The third-order valence-electron chi connectivity index (χ3n) is 5.02. The molecular weight excluding hydrogens is 358 g/mol. The Morgan fingerprint density at radius 3 is 2.36 bits per heavy atom. The summed E-state index contributed by atoms with van der Waals surface area (Å²) in [5.41, 5.74) is 0.938. The average molecular weight is 381 g/mol. The number of anilines is 1. The number of nitro benzene ring substituents is 1. The summed E-state index contributed by atoms with van der Waals surface area (Å²) in [7, 11) is 3.40. The third kappa shape index (κ3) is 4.03. The molecule has 3 rings (SSSR count). The van der Waals surface area contributed by atoms with Crippen LogP contribution in [0.4, 0.5) is 11.4 Å². The van der Waals surface area contributed by atoms with Crippen LogP contribution in [0.3, 0.4) is 0 Å². The summed E-state index contributed by atoms with van der Waals surface area (Å²) in [5, 5.41) is 14.4. The van der Waals surface area contributed by atoms with Crippen molar-refractivity contribution in [3.05, 3.63) is 69.3 Å². The number of benzene rings is 2. The van der Waals surface area contributed by atoms with Gasteiger partial charge in [-0.1, -0.05) is 18.2 Å². The lowest BCUT2D eigenvalue weighted by atomic mass is 9.97. The molecule has 2 aromatic carbocycles. The van der Waals surface area contributed by atoms with Gasteiger partial charge in [-0.15, -0.1) is 0 Å². The number of nitro groups is 1. The van der Waals surface area contributed by atoms with Crippen LogP contribution in [0, 0.1) is 16.0 Å². The number of nitrogens with one attached hydrogen (secondary N) is 1. The Hall–Kier alpha value is -3.22. The molecular formula is C21H23N3O4. The summed E-state index contributed by atoms with van der Waals surface area (Å²) in [5.74, 6) is -0.228. The van der Waals surface area contributed by atoms with Crippen molar-refractivity contribution < 1.29 is 14.5 Å².